The molecule has 4 rings (SSSR count). The van der Waals surface area contributed by atoms with Crippen LogP contribution in [0.25, 0.3) is 0 Å². The van der Waals surface area contributed by atoms with Crippen LogP contribution in [-0.4, -0.2) is 26.2 Å². The number of nitrogens with one attached hydrogen (secondary N) is 1. The monoisotopic (exact) mass is 430 g/mol. The van der Waals surface area contributed by atoms with E-state index in [0.717, 1.165) is 17.7 Å². The van der Waals surface area contributed by atoms with Crippen molar-refractivity contribution in [2.75, 3.05) is 19.1 Å². The largest absolute Gasteiger partial charge is 0.466 e. The van der Waals surface area contributed by atoms with Crippen LogP contribution in [-0.2, 0) is 32.2 Å². The van der Waals surface area contributed by atoms with E-state index in [9.17, 15) is 14.9 Å². The van der Waals surface area contributed by atoms with Gasteiger partial charge in [0, 0.05) is 18.8 Å². The first-order valence-corrected chi connectivity index (χ1v) is 10.00. The maximum absolute atomic E-state index is 13.0. The Labute approximate surface area is 185 Å². The molecule has 32 heavy (non-hydrogen) atoms. The number of allylic oxidation sites excluding steroid dienone is 1. The minimum absolute atomic E-state index is 0.00470. The zero-order valence-corrected chi connectivity index (χ0v) is 17.7. The molecule has 2 heterocycles. The molecule has 2 aliphatic rings. The van der Waals surface area contributed by atoms with Gasteiger partial charge < -0.3 is 20.5 Å². The fourth-order valence-electron chi connectivity index (χ4n) is 4.20. The molecule has 2 aliphatic heterocycles. The third kappa shape index (κ3) is 3.39. The summed E-state index contributed by atoms with van der Waals surface area (Å²) in [4.78, 5) is 27.5. The topological polar surface area (TPSA) is 118 Å². The lowest BCUT2D eigenvalue weighted by Crippen LogP contribution is -2.40. The molecule has 8 nitrogen and oxygen atoms in total. The number of nitrogens with two attached hydrogens (primary N) is 1. The van der Waals surface area contributed by atoms with Crippen LogP contribution in [0, 0.1) is 11.3 Å². The minimum Gasteiger partial charge on any atom is -0.466 e. The molecule has 3 N–H and O–H groups in total. The van der Waals surface area contributed by atoms with Gasteiger partial charge in [-0.15, -0.1) is 0 Å². The minimum atomic E-state index is -0.880. The van der Waals surface area contributed by atoms with Gasteiger partial charge in [-0.25, -0.2) is 9.59 Å². The normalized spacial score (nSPS) is 17.7. The van der Waals surface area contributed by atoms with Crippen molar-refractivity contribution in [2.45, 2.75) is 19.0 Å². The number of carbonyl (C=O) groups is 2. The van der Waals surface area contributed by atoms with E-state index in [0.29, 0.717) is 17.8 Å². The number of rotatable bonds is 4. The summed E-state index contributed by atoms with van der Waals surface area (Å²) in [6.07, 6.45) is 0. The van der Waals surface area contributed by atoms with Gasteiger partial charge in [0.2, 0.25) is 0 Å². The molecule has 0 amide bonds. The van der Waals surface area contributed by atoms with Crippen molar-refractivity contribution in [2.24, 2.45) is 5.73 Å². The Morgan fingerprint density at radius 3 is 2.41 bits per heavy atom. The first-order chi connectivity index (χ1) is 15.5. The van der Waals surface area contributed by atoms with Crippen molar-refractivity contribution >= 4 is 17.6 Å². The smallest absolute Gasteiger partial charge is 0.355 e. The maximum atomic E-state index is 13.0. The lowest BCUT2D eigenvalue weighted by atomic mass is 9.81. The number of anilines is 1. The molecule has 0 aliphatic carbocycles. The average Bonchev–Trinajstić information content (AvgIpc) is 3.30. The van der Waals surface area contributed by atoms with Crippen molar-refractivity contribution in [3.63, 3.8) is 0 Å². The molecule has 1 atom stereocenters. The van der Waals surface area contributed by atoms with Crippen LogP contribution in [0.3, 0.4) is 0 Å². The molecule has 0 saturated heterocycles. The van der Waals surface area contributed by atoms with Gasteiger partial charge >= 0.3 is 11.9 Å². The van der Waals surface area contributed by atoms with E-state index < -0.39 is 17.9 Å². The molecular weight excluding hydrogens is 408 g/mol. The predicted molar refractivity (Wildman–Crippen MR) is 117 cm³/mol. The maximum Gasteiger partial charge on any atom is 0.355 e. The number of benzene rings is 2. The van der Waals surface area contributed by atoms with E-state index in [1.165, 1.54) is 19.1 Å². The van der Waals surface area contributed by atoms with E-state index >= 15 is 0 Å². The van der Waals surface area contributed by atoms with Crippen LogP contribution in [0.2, 0.25) is 0 Å². The Bertz CT molecular complexity index is 1190. The molecule has 0 bridgehead atoms. The highest BCUT2D eigenvalue weighted by molar-refractivity contribution is 6.06. The molecule has 162 valence electrons. The van der Waals surface area contributed by atoms with Crippen molar-refractivity contribution in [3.8, 4) is 6.07 Å². The summed E-state index contributed by atoms with van der Waals surface area (Å²) >= 11 is 0. The summed E-state index contributed by atoms with van der Waals surface area (Å²) in [5.41, 5.74) is 9.92. The SMILES string of the molecule is COC(=O)C1=C(C(=O)OC)N(c2ccc3c(c2)CNC3)C(N)=C(C#N)C1c1ccccc1. The molecule has 2 aromatic rings. The second-order valence-electron chi connectivity index (χ2n) is 7.39. The summed E-state index contributed by atoms with van der Waals surface area (Å²) in [5, 5.41) is 13.3. The van der Waals surface area contributed by atoms with Gasteiger partial charge in [-0.1, -0.05) is 36.4 Å². The number of carbonyl (C=O) groups excluding carboxylic acids is 2. The number of nitriles is 1. The van der Waals surface area contributed by atoms with Gasteiger partial charge in [-0.3, -0.25) is 4.90 Å². The molecule has 2 aromatic carbocycles. The third-order valence-corrected chi connectivity index (χ3v) is 5.69. The van der Waals surface area contributed by atoms with Crippen molar-refractivity contribution < 1.29 is 19.1 Å². The molecule has 8 heteroatoms. The van der Waals surface area contributed by atoms with Gasteiger partial charge in [0.15, 0.2) is 0 Å². The summed E-state index contributed by atoms with van der Waals surface area (Å²) in [5.74, 6) is -2.33. The molecule has 0 radical (unpaired) electrons. The molecule has 0 spiro atoms. The first kappa shape index (κ1) is 21.2. The van der Waals surface area contributed by atoms with E-state index in [1.54, 1.807) is 30.3 Å². The summed E-state index contributed by atoms with van der Waals surface area (Å²) in [6.45, 7) is 1.41. The highest BCUT2D eigenvalue weighted by Crippen LogP contribution is 2.43. The van der Waals surface area contributed by atoms with Crippen molar-refractivity contribution in [1.82, 2.24) is 5.32 Å². The first-order valence-electron chi connectivity index (χ1n) is 10.00. The average molecular weight is 430 g/mol. The quantitative estimate of drug-likeness (QED) is 0.709. The number of nitrogens with zero attached hydrogens (tertiary/aromatic N) is 2. The second kappa shape index (κ2) is 8.57. The van der Waals surface area contributed by atoms with Gasteiger partial charge in [0.25, 0.3) is 0 Å². The molecule has 0 aromatic heterocycles. The van der Waals surface area contributed by atoms with E-state index in [1.807, 2.05) is 18.2 Å². The lowest BCUT2D eigenvalue weighted by molar-refractivity contribution is -0.139. The third-order valence-electron chi connectivity index (χ3n) is 5.69. The number of fused-ring (bicyclic) bond motifs is 1. The van der Waals surface area contributed by atoms with Gasteiger partial charge in [0.05, 0.1) is 37.4 Å². The van der Waals surface area contributed by atoms with E-state index in [4.69, 9.17) is 15.2 Å². The molecule has 0 saturated carbocycles. The Balaban J connectivity index is 2.03. The number of hydrogen-bond donors (Lipinski definition) is 2. The van der Waals surface area contributed by atoms with E-state index in [-0.39, 0.29) is 22.7 Å². The van der Waals surface area contributed by atoms with Crippen molar-refractivity contribution in [1.29, 1.82) is 5.26 Å². The van der Waals surface area contributed by atoms with Crippen LogP contribution in [0.5, 0.6) is 0 Å². The zero-order valence-electron chi connectivity index (χ0n) is 17.7. The second-order valence-corrected chi connectivity index (χ2v) is 7.39. The van der Waals surface area contributed by atoms with Crippen LogP contribution in [0.15, 0.2) is 71.2 Å². The predicted octanol–water partition coefficient (Wildman–Crippen LogP) is 2.19. The number of ether oxygens (including phenoxy) is 2. The fraction of sp³-hybridized carbons (Fsp3) is 0.208. The Kier molecular flexibility index (Phi) is 5.67. The van der Waals surface area contributed by atoms with Gasteiger partial charge in [-0.2, -0.15) is 5.26 Å². The van der Waals surface area contributed by atoms with Gasteiger partial charge in [-0.05, 0) is 28.8 Å². The van der Waals surface area contributed by atoms with Crippen molar-refractivity contribution in [3.05, 3.63) is 87.9 Å². The summed E-state index contributed by atoms with van der Waals surface area (Å²) < 4.78 is 10.1. The number of methoxy groups -OCH3 is 2. The van der Waals surface area contributed by atoms with E-state index in [2.05, 4.69) is 11.4 Å². The van der Waals surface area contributed by atoms with Crippen LogP contribution in [0.1, 0.15) is 22.6 Å². The molecule has 0 fully saturated rings. The highest BCUT2D eigenvalue weighted by Gasteiger charge is 2.43. The zero-order chi connectivity index (χ0) is 22.8. The number of hydrogen-bond acceptors (Lipinski definition) is 8. The summed E-state index contributed by atoms with van der Waals surface area (Å²) in [7, 11) is 2.46. The van der Waals surface area contributed by atoms with Crippen LogP contribution in [0.4, 0.5) is 5.69 Å². The fourth-order valence-corrected chi connectivity index (χ4v) is 4.20. The summed E-state index contributed by atoms with van der Waals surface area (Å²) in [6, 6.07) is 16.7. The molecular formula is C24H22N4O4. The number of esters is 2. The highest BCUT2D eigenvalue weighted by atomic mass is 16.5. The Morgan fingerprint density at radius 1 is 1.06 bits per heavy atom. The van der Waals surface area contributed by atoms with Crippen LogP contribution >= 0.6 is 0 Å². The van der Waals surface area contributed by atoms with Crippen LogP contribution < -0.4 is 16.0 Å². The Hall–Kier alpha value is -4.09. The van der Waals surface area contributed by atoms with Gasteiger partial charge in [0.1, 0.15) is 11.5 Å². The standard InChI is InChI=1S/C24H22N4O4/c1-31-23(29)20-19(14-6-4-3-5-7-14)18(11-25)22(26)28(21(20)24(30)32-2)17-9-8-15-12-27-13-16(15)10-17/h3-10,19,27H,12-13,26H2,1-2H3. The molecule has 1 unspecified atom stereocenters. The Morgan fingerprint density at radius 2 is 1.75 bits per heavy atom. The lowest BCUT2D eigenvalue weighted by Gasteiger charge is -2.36.